The first-order valence-corrected chi connectivity index (χ1v) is 8.08. The highest BCUT2D eigenvalue weighted by atomic mass is 19.1. The van der Waals surface area contributed by atoms with Crippen LogP contribution in [0.15, 0.2) is 18.2 Å². The van der Waals surface area contributed by atoms with Gasteiger partial charge in [-0.1, -0.05) is 6.92 Å². The van der Waals surface area contributed by atoms with Gasteiger partial charge < -0.3 is 15.0 Å². The van der Waals surface area contributed by atoms with E-state index in [1.807, 2.05) is 13.8 Å². The number of hydrogen-bond donors (Lipinski definition) is 1. The van der Waals surface area contributed by atoms with E-state index in [4.69, 9.17) is 4.74 Å². The highest BCUT2D eigenvalue weighted by Gasteiger charge is 2.13. The number of halogens is 1. The third kappa shape index (κ3) is 4.97. The second-order valence-electron chi connectivity index (χ2n) is 5.71. The molecule has 3 nitrogen and oxygen atoms in total. The van der Waals surface area contributed by atoms with E-state index < -0.39 is 0 Å². The molecule has 1 aliphatic rings. The van der Waals surface area contributed by atoms with Gasteiger partial charge in [-0.25, -0.2) is 4.39 Å². The standard InChI is InChI=1S/C17H27FN2O/c1-3-19-14(2)16-13-15(18)7-8-17(16)21-12-6-11-20-9-4-5-10-20/h7-8,13-14,19H,3-6,9-12H2,1-2H3. The quantitative estimate of drug-likeness (QED) is 0.744. The van der Waals surface area contributed by atoms with Gasteiger partial charge in [-0.3, -0.25) is 0 Å². The van der Waals surface area contributed by atoms with Crippen molar-refractivity contribution in [3.05, 3.63) is 29.6 Å². The minimum absolute atomic E-state index is 0.0966. The number of ether oxygens (including phenoxy) is 1. The van der Waals surface area contributed by atoms with Gasteiger partial charge in [0, 0.05) is 18.2 Å². The van der Waals surface area contributed by atoms with Crippen molar-refractivity contribution >= 4 is 0 Å². The number of rotatable bonds is 8. The lowest BCUT2D eigenvalue weighted by Crippen LogP contribution is -2.22. The van der Waals surface area contributed by atoms with Crippen LogP contribution in [0, 0.1) is 5.82 Å². The van der Waals surface area contributed by atoms with Crippen LogP contribution in [0.1, 0.15) is 44.7 Å². The van der Waals surface area contributed by atoms with Crippen molar-refractivity contribution in [2.24, 2.45) is 0 Å². The second-order valence-corrected chi connectivity index (χ2v) is 5.71. The molecular formula is C17H27FN2O. The molecule has 1 aromatic carbocycles. The minimum atomic E-state index is -0.209. The van der Waals surface area contributed by atoms with Gasteiger partial charge in [-0.15, -0.1) is 0 Å². The average Bonchev–Trinajstić information content (AvgIpc) is 2.98. The summed E-state index contributed by atoms with van der Waals surface area (Å²) in [5.74, 6) is 0.588. The fourth-order valence-electron chi connectivity index (χ4n) is 2.88. The molecule has 1 fully saturated rings. The van der Waals surface area contributed by atoms with Crippen molar-refractivity contribution in [1.82, 2.24) is 10.2 Å². The first kappa shape index (κ1) is 16.2. The first-order valence-electron chi connectivity index (χ1n) is 8.08. The summed E-state index contributed by atoms with van der Waals surface area (Å²) in [6.45, 7) is 9.17. The fraction of sp³-hybridized carbons (Fsp3) is 0.647. The first-order chi connectivity index (χ1) is 10.2. The molecule has 0 amide bonds. The van der Waals surface area contributed by atoms with E-state index in [-0.39, 0.29) is 11.9 Å². The largest absolute Gasteiger partial charge is 0.493 e. The normalized spacial score (nSPS) is 17.1. The van der Waals surface area contributed by atoms with Gasteiger partial charge in [0.15, 0.2) is 0 Å². The van der Waals surface area contributed by atoms with E-state index in [0.29, 0.717) is 6.61 Å². The Hall–Kier alpha value is -1.13. The molecule has 1 saturated heterocycles. The van der Waals surface area contributed by atoms with Crippen molar-refractivity contribution in [1.29, 1.82) is 0 Å². The molecule has 1 atom stereocenters. The Balaban J connectivity index is 1.86. The van der Waals surface area contributed by atoms with E-state index >= 15 is 0 Å². The molecule has 118 valence electrons. The number of likely N-dealkylation sites (tertiary alicyclic amines) is 1. The lowest BCUT2D eigenvalue weighted by molar-refractivity contribution is 0.260. The highest BCUT2D eigenvalue weighted by Crippen LogP contribution is 2.26. The molecule has 0 aliphatic carbocycles. The van der Waals surface area contributed by atoms with Crippen molar-refractivity contribution in [3.63, 3.8) is 0 Å². The summed E-state index contributed by atoms with van der Waals surface area (Å²) in [6, 6.07) is 4.88. The van der Waals surface area contributed by atoms with Crippen LogP contribution in [0.2, 0.25) is 0 Å². The Labute approximate surface area is 127 Å². The molecule has 21 heavy (non-hydrogen) atoms. The van der Waals surface area contributed by atoms with Crippen molar-refractivity contribution in [2.75, 3.05) is 32.8 Å². The van der Waals surface area contributed by atoms with Crippen LogP contribution >= 0.6 is 0 Å². The van der Waals surface area contributed by atoms with Crippen LogP contribution in [0.25, 0.3) is 0 Å². The molecule has 0 radical (unpaired) electrons. The SMILES string of the molecule is CCNC(C)c1cc(F)ccc1OCCCN1CCCC1. The third-order valence-electron chi connectivity index (χ3n) is 4.02. The summed E-state index contributed by atoms with van der Waals surface area (Å²) in [7, 11) is 0. The zero-order chi connectivity index (χ0) is 15.1. The van der Waals surface area contributed by atoms with Crippen molar-refractivity contribution in [3.8, 4) is 5.75 Å². The van der Waals surface area contributed by atoms with E-state index in [1.54, 1.807) is 12.1 Å². The average molecular weight is 294 g/mol. The summed E-state index contributed by atoms with van der Waals surface area (Å²) in [5, 5.41) is 3.31. The number of nitrogens with one attached hydrogen (secondary N) is 1. The molecule has 1 unspecified atom stereocenters. The molecule has 2 rings (SSSR count). The zero-order valence-corrected chi connectivity index (χ0v) is 13.2. The summed E-state index contributed by atoms with van der Waals surface area (Å²) < 4.78 is 19.3. The minimum Gasteiger partial charge on any atom is -0.493 e. The summed E-state index contributed by atoms with van der Waals surface area (Å²) in [6.07, 6.45) is 3.67. The van der Waals surface area contributed by atoms with Crippen LogP contribution in [0.3, 0.4) is 0 Å². The Morgan fingerprint density at radius 2 is 2.10 bits per heavy atom. The van der Waals surface area contributed by atoms with Gasteiger partial charge in [-0.2, -0.15) is 0 Å². The zero-order valence-electron chi connectivity index (χ0n) is 13.2. The van der Waals surface area contributed by atoms with E-state index in [1.165, 1.54) is 32.0 Å². The maximum absolute atomic E-state index is 13.5. The molecule has 1 aliphatic heterocycles. The number of benzene rings is 1. The van der Waals surface area contributed by atoms with E-state index in [2.05, 4.69) is 10.2 Å². The Morgan fingerprint density at radius 3 is 2.81 bits per heavy atom. The summed E-state index contributed by atoms with van der Waals surface area (Å²) in [4.78, 5) is 2.48. The lowest BCUT2D eigenvalue weighted by Gasteiger charge is -2.19. The predicted molar refractivity (Wildman–Crippen MR) is 84.3 cm³/mol. The molecule has 0 bridgehead atoms. The monoisotopic (exact) mass is 294 g/mol. The Kier molecular flexibility index (Phi) is 6.46. The molecule has 1 heterocycles. The van der Waals surface area contributed by atoms with Gasteiger partial charge in [0.05, 0.1) is 6.61 Å². The predicted octanol–water partition coefficient (Wildman–Crippen LogP) is 3.36. The molecule has 0 saturated carbocycles. The maximum atomic E-state index is 13.5. The molecule has 4 heteroatoms. The Morgan fingerprint density at radius 1 is 1.33 bits per heavy atom. The Bertz CT molecular complexity index is 433. The molecular weight excluding hydrogens is 267 g/mol. The molecule has 1 aromatic rings. The lowest BCUT2D eigenvalue weighted by atomic mass is 10.1. The van der Waals surface area contributed by atoms with Gasteiger partial charge in [0.2, 0.25) is 0 Å². The summed E-state index contributed by atoms with van der Waals surface area (Å²) in [5.41, 5.74) is 0.901. The van der Waals surface area contributed by atoms with Gasteiger partial charge in [-0.05, 0) is 64.0 Å². The van der Waals surface area contributed by atoms with Crippen LogP contribution in [0.4, 0.5) is 4.39 Å². The third-order valence-corrected chi connectivity index (χ3v) is 4.02. The maximum Gasteiger partial charge on any atom is 0.124 e. The van der Waals surface area contributed by atoms with Gasteiger partial charge in [0.1, 0.15) is 11.6 Å². The van der Waals surface area contributed by atoms with Crippen LogP contribution in [0.5, 0.6) is 5.75 Å². The number of hydrogen-bond acceptors (Lipinski definition) is 3. The molecule has 1 N–H and O–H groups in total. The second kappa shape index (κ2) is 8.35. The van der Waals surface area contributed by atoms with Crippen LogP contribution in [-0.4, -0.2) is 37.7 Å². The molecule has 0 aromatic heterocycles. The van der Waals surface area contributed by atoms with Gasteiger partial charge in [0.25, 0.3) is 0 Å². The smallest absolute Gasteiger partial charge is 0.124 e. The van der Waals surface area contributed by atoms with Crippen LogP contribution < -0.4 is 10.1 Å². The van der Waals surface area contributed by atoms with E-state index in [0.717, 1.165) is 30.8 Å². The van der Waals surface area contributed by atoms with E-state index in [9.17, 15) is 4.39 Å². The highest BCUT2D eigenvalue weighted by molar-refractivity contribution is 5.36. The van der Waals surface area contributed by atoms with Gasteiger partial charge >= 0.3 is 0 Å². The van der Waals surface area contributed by atoms with Crippen molar-refractivity contribution in [2.45, 2.75) is 39.2 Å². The summed E-state index contributed by atoms with van der Waals surface area (Å²) >= 11 is 0. The number of nitrogens with zero attached hydrogens (tertiary/aromatic N) is 1. The van der Waals surface area contributed by atoms with Crippen molar-refractivity contribution < 1.29 is 9.13 Å². The molecule has 0 spiro atoms. The topological polar surface area (TPSA) is 24.5 Å². The van der Waals surface area contributed by atoms with Crippen LogP contribution in [-0.2, 0) is 0 Å². The fourth-order valence-corrected chi connectivity index (χ4v) is 2.88.